The van der Waals surface area contributed by atoms with Gasteiger partial charge in [-0.25, -0.2) is 0 Å². The van der Waals surface area contributed by atoms with E-state index in [2.05, 4.69) is 41.4 Å². The van der Waals surface area contributed by atoms with E-state index in [1.807, 2.05) is 18.0 Å². The molecule has 3 aromatic rings. The van der Waals surface area contributed by atoms with Crippen LogP contribution in [0.3, 0.4) is 0 Å². The number of nitrogens with one attached hydrogen (secondary N) is 1. The zero-order chi connectivity index (χ0) is 20.4. The Bertz CT molecular complexity index is 1060. The van der Waals surface area contributed by atoms with E-state index in [0.29, 0.717) is 25.2 Å². The van der Waals surface area contributed by atoms with Gasteiger partial charge in [-0.05, 0) is 38.3 Å². The average molecular weight is 390 g/mol. The first-order chi connectivity index (χ1) is 14.1. The number of aryl methyl sites for hydroxylation is 2. The lowest BCUT2D eigenvalue weighted by molar-refractivity contribution is 0.0705. The Morgan fingerprint density at radius 1 is 1.24 bits per heavy atom. The zero-order valence-corrected chi connectivity index (χ0v) is 16.9. The van der Waals surface area contributed by atoms with Gasteiger partial charge in [-0.15, -0.1) is 0 Å². The fraction of sp³-hybridized carbons (Fsp3) is 0.348. The van der Waals surface area contributed by atoms with Crippen LogP contribution in [-0.2, 0) is 6.54 Å². The molecule has 0 spiro atoms. The Morgan fingerprint density at radius 2 is 2.03 bits per heavy atom. The van der Waals surface area contributed by atoms with Crippen molar-refractivity contribution in [1.82, 2.24) is 19.7 Å². The first-order valence-corrected chi connectivity index (χ1v) is 10.2. The molecular formula is C23H26N4O2. The Kier molecular flexibility index (Phi) is 5.34. The van der Waals surface area contributed by atoms with Gasteiger partial charge >= 0.3 is 0 Å². The van der Waals surface area contributed by atoms with Crippen LogP contribution in [0.4, 0.5) is 0 Å². The van der Waals surface area contributed by atoms with Gasteiger partial charge in [0.1, 0.15) is 0 Å². The summed E-state index contributed by atoms with van der Waals surface area (Å²) in [5, 5.41) is 7.45. The van der Waals surface area contributed by atoms with Crippen LogP contribution < -0.4 is 5.56 Å². The van der Waals surface area contributed by atoms with Crippen molar-refractivity contribution < 1.29 is 4.79 Å². The predicted octanol–water partition coefficient (Wildman–Crippen LogP) is 3.59. The first-order valence-electron chi connectivity index (χ1n) is 10.2. The topological polar surface area (TPSA) is 71.0 Å². The second-order valence-corrected chi connectivity index (χ2v) is 7.69. The predicted molar refractivity (Wildman–Crippen MR) is 113 cm³/mol. The van der Waals surface area contributed by atoms with Gasteiger partial charge in [0, 0.05) is 54.6 Å². The number of pyridine rings is 1. The van der Waals surface area contributed by atoms with Crippen LogP contribution in [0.2, 0.25) is 0 Å². The molecule has 1 saturated heterocycles. The van der Waals surface area contributed by atoms with Crippen LogP contribution in [-0.4, -0.2) is 38.7 Å². The van der Waals surface area contributed by atoms with E-state index >= 15 is 0 Å². The summed E-state index contributed by atoms with van der Waals surface area (Å²) in [6.07, 6.45) is 5.49. The van der Waals surface area contributed by atoms with Crippen LogP contribution in [0.25, 0.3) is 11.1 Å². The lowest BCUT2D eigenvalue weighted by atomic mass is 9.90. The molecule has 0 unspecified atom stereocenters. The maximum atomic E-state index is 13.0. The minimum Gasteiger partial charge on any atom is -0.338 e. The van der Waals surface area contributed by atoms with Gasteiger partial charge in [-0.2, -0.15) is 5.10 Å². The molecule has 6 heteroatoms. The smallest absolute Gasteiger partial charge is 0.254 e. The Balaban J connectivity index is 1.56. The summed E-state index contributed by atoms with van der Waals surface area (Å²) in [4.78, 5) is 27.0. The summed E-state index contributed by atoms with van der Waals surface area (Å²) < 4.78 is 1.59. The third-order valence-electron chi connectivity index (χ3n) is 5.73. The highest BCUT2D eigenvalue weighted by Crippen LogP contribution is 2.33. The molecule has 0 aliphatic carbocycles. The fourth-order valence-electron chi connectivity index (χ4n) is 4.05. The van der Waals surface area contributed by atoms with E-state index in [0.717, 1.165) is 29.7 Å². The molecule has 3 heterocycles. The van der Waals surface area contributed by atoms with Crippen molar-refractivity contribution in [2.75, 3.05) is 13.1 Å². The van der Waals surface area contributed by atoms with E-state index in [4.69, 9.17) is 0 Å². The summed E-state index contributed by atoms with van der Waals surface area (Å²) in [5.74, 6) is 0.119. The summed E-state index contributed by atoms with van der Waals surface area (Å²) in [5.41, 5.74) is 4.85. The summed E-state index contributed by atoms with van der Waals surface area (Å²) in [6, 6.07) is 11.6. The van der Waals surface area contributed by atoms with Crippen LogP contribution in [0.15, 0.2) is 53.6 Å². The lowest BCUT2D eigenvalue weighted by Crippen LogP contribution is -2.39. The highest BCUT2D eigenvalue weighted by molar-refractivity contribution is 5.94. The van der Waals surface area contributed by atoms with Crippen molar-refractivity contribution in [3.05, 3.63) is 76.0 Å². The molecule has 2 aromatic heterocycles. The zero-order valence-electron chi connectivity index (χ0n) is 16.9. The molecular weight excluding hydrogens is 364 g/mol. The molecule has 0 saturated carbocycles. The van der Waals surface area contributed by atoms with Gasteiger partial charge in [0.25, 0.3) is 11.5 Å². The normalized spacial score (nSPS) is 16.8. The molecule has 1 amide bonds. The molecule has 0 bridgehead atoms. The Hall–Kier alpha value is -3.15. The van der Waals surface area contributed by atoms with Crippen LogP contribution in [0.1, 0.15) is 47.3 Å². The summed E-state index contributed by atoms with van der Waals surface area (Å²) >= 11 is 0. The van der Waals surface area contributed by atoms with Crippen molar-refractivity contribution in [3.63, 3.8) is 0 Å². The number of rotatable bonds is 4. The SMILES string of the molecule is CCn1ccc(C(=O)N2CCC[C@H](c3[nH]ncc3-c3ccc(C)cc3)C2)cc1=O. The number of piperidine rings is 1. The van der Waals surface area contributed by atoms with E-state index in [-0.39, 0.29) is 17.4 Å². The average Bonchev–Trinajstić information content (AvgIpc) is 3.24. The van der Waals surface area contributed by atoms with E-state index < -0.39 is 0 Å². The van der Waals surface area contributed by atoms with Gasteiger partial charge in [0.15, 0.2) is 0 Å². The second kappa shape index (κ2) is 8.07. The molecule has 1 N–H and O–H groups in total. The molecule has 0 radical (unpaired) electrons. The third-order valence-corrected chi connectivity index (χ3v) is 5.73. The number of hydrogen-bond donors (Lipinski definition) is 1. The van der Waals surface area contributed by atoms with Crippen molar-refractivity contribution in [2.24, 2.45) is 0 Å². The molecule has 1 atom stereocenters. The Morgan fingerprint density at radius 3 is 2.76 bits per heavy atom. The Labute approximate surface area is 170 Å². The molecule has 150 valence electrons. The van der Waals surface area contributed by atoms with Gasteiger partial charge in [-0.3, -0.25) is 14.7 Å². The number of hydrogen-bond acceptors (Lipinski definition) is 3. The van der Waals surface area contributed by atoms with Gasteiger partial charge < -0.3 is 9.47 Å². The molecule has 1 aliphatic rings. The fourth-order valence-corrected chi connectivity index (χ4v) is 4.05. The van der Waals surface area contributed by atoms with Crippen LogP contribution in [0, 0.1) is 6.92 Å². The number of nitrogens with zero attached hydrogens (tertiary/aromatic N) is 3. The third kappa shape index (κ3) is 3.88. The summed E-state index contributed by atoms with van der Waals surface area (Å²) in [7, 11) is 0. The first kappa shape index (κ1) is 19.2. The number of aromatic amines is 1. The summed E-state index contributed by atoms with van der Waals surface area (Å²) in [6.45, 7) is 5.91. The van der Waals surface area contributed by atoms with Crippen LogP contribution >= 0.6 is 0 Å². The van der Waals surface area contributed by atoms with E-state index in [9.17, 15) is 9.59 Å². The molecule has 6 nitrogen and oxygen atoms in total. The second-order valence-electron chi connectivity index (χ2n) is 7.69. The molecule has 1 fully saturated rings. The minimum atomic E-state index is -0.137. The molecule has 1 aromatic carbocycles. The van der Waals surface area contributed by atoms with Crippen molar-refractivity contribution >= 4 is 5.91 Å². The number of likely N-dealkylation sites (tertiary alicyclic amines) is 1. The minimum absolute atomic E-state index is 0.0774. The quantitative estimate of drug-likeness (QED) is 0.740. The van der Waals surface area contributed by atoms with Gasteiger partial charge in [0.2, 0.25) is 0 Å². The number of H-pyrrole nitrogens is 1. The van der Waals surface area contributed by atoms with E-state index in [1.54, 1.807) is 16.8 Å². The van der Waals surface area contributed by atoms with Crippen molar-refractivity contribution in [3.8, 4) is 11.1 Å². The van der Waals surface area contributed by atoms with Crippen molar-refractivity contribution in [2.45, 2.75) is 39.2 Å². The number of carbonyl (C=O) groups is 1. The standard InChI is InChI=1S/C23H26N4O2/c1-3-26-12-10-18(13-21(26)28)23(29)27-11-4-5-19(15-27)22-20(14-24-25-22)17-8-6-16(2)7-9-17/h6-10,12-14,19H,3-5,11,15H2,1-2H3,(H,24,25)/t19-/m0/s1. The number of aromatic nitrogens is 3. The van der Waals surface area contributed by atoms with Crippen LogP contribution in [0.5, 0.6) is 0 Å². The molecule has 4 rings (SSSR count). The van der Waals surface area contributed by atoms with Crippen molar-refractivity contribution in [1.29, 1.82) is 0 Å². The lowest BCUT2D eigenvalue weighted by Gasteiger charge is -2.33. The number of amides is 1. The number of benzene rings is 1. The maximum Gasteiger partial charge on any atom is 0.254 e. The van der Waals surface area contributed by atoms with Gasteiger partial charge in [-0.1, -0.05) is 29.8 Å². The molecule has 1 aliphatic heterocycles. The monoisotopic (exact) mass is 390 g/mol. The number of carbonyl (C=O) groups excluding carboxylic acids is 1. The highest BCUT2D eigenvalue weighted by atomic mass is 16.2. The highest BCUT2D eigenvalue weighted by Gasteiger charge is 2.28. The molecule has 29 heavy (non-hydrogen) atoms. The van der Waals surface area contributed by atoms with E-state index in [1.165, 1.54) is 11.6 Å². The maximum absolute atomic E-state index is 13.0. The van der Waals surface area contributed by atoms with Gasteiger partial charge in [0.05, 0.1) is 6.20 Å². The largest absolute Gasteiger partial charge is 0.338 e.